The molecule has 124 valence electrons. The highest BCUT2D eigenvalue weighted by Gasteiger charge is 2.40. The molecule has 1 amide bonds. The van der Waals surface area contributed by atoms with Gasteiger partial charge in [0, 0.05) is 32.4 Å². The predicted octanol–water partition coefficient (Wildman–Crippen LogP) is 1.55. The first-order chi connectivity index (χ1) is 11.2. The van der Waals surface area contributed by atoms with Gasteiger partial charge in [-0.1, -0.05) is 0 Å². The zero-order valence-electron chi connectivity index (χ0n) is 13.2. The third kappa shape index (κ3) is 3.10. The lowest BCUT2D eigenvalue weighted by atomic mass is 9.97. The van der Waals surface area contributed by atoms with Gasteiger partial charge in [-0.3, -0.25) is 14.7 Å². The summed E-state index contributed by atoms with van der Waals surface area (Å²) in [4.78, 5) is 20.6. The average molecular weight is 319 g/mol. The van der Waals surface area contributed by atoms with Gasteiger partial charge in [0.1, 0.15) is 0 Å². The van der Waals surface area contributed by atoms with Gasteiger partial charge in [-0.05, 0) is 31.2 Å². The van der Waals surface area contributed by atoms with E-state index in [2.05, 4.69) is 9.88 Å². The molecule has 3 aliphatic rings. The Morgan fingerprint density at radius 3 is 3.00 bits per heavy atom. The largest absolute Gasteiger partial charge is 0.375 e. The minimum atomic E-state index is -0.547. The number of aromatic nitrogens is 1. The van der Waals surface area contributed by atoms with E-state index in [1.807, 2.05) is 0 Å². The Morgan fingerprint density at radius 1 is 1.35 bits per heavy atom. The Hall–Kier alpha value is -1.53. The van der Waals surface area contributed by atoms with Gasteiger partial charge < -0.3 is 9.64 Å². The lowest BCUT2D eigenvalue weighted by Crippen LogP contribution is -2.61. The maximum atomic E-state index is 13.8. The standard InChI is InChI=1S/C17H22FN3O2/c18-14-9-19-5-3-13(14)17(22)21-6-4-16-15(11-21)20(7-8-23-16)10-12-1-2-12/h3,5,9,12,15-16H,1-2,4,6-8,10-11H2/t15-,16-/m0/s1. The van der Waals surface area contributed by atoms with Crippen molar-refractivity contribution >= 4 is 5.91 Å². The molecule has 23 heavy (non-hydrogen) atoms. The summed E-state index contributed by atoms with van der Waals surface area (Å²) in [5, 5.41) is 0. The molecule has 2 saturated heterocycles. The number of hydrogen-bond donors (Lipinski definition) is 0. The lowest BCUT2D eigenvalue weighted by molar-refractivity contribution is -0.0989. The Morgan fingerprint density at radius 2 is 2.22 bits per heavy atom. The highest BCUT2D eigenvalue weighted by molar-refractivity contribution is 5.94. The van der Waals surface area contributed by atoms with E-state index >= 15 is 0 Å². The Kier molecular flexibility index (Phi) is 4.03. The summed E-state index contributed by atoms with van der Waals surface area (Å²) in [6.07, 6.45) is 6.23. The number of piperidine rings is 1. The molecule has 0 spiro atoms. The topological polar surface area (TPSA) is 45.7 Å². The molecular formula is C17H22FN3O2. The van der Waals surface area contributed by atoms with Crippen LogP contribution in [0, 0.1) is 11.7 Å². The van der Waals surface area contributed by atoms with Crippen LogP contribution in [0.1, 0.15) is 29.6 Å². The molecule has 1 aromatic heterocycles. The van der Waals surface area contributed by atoms with Gasteiger partial charge in [0.05, 0.1) is 30.5 Å². The lowest BCUT2D eigenvalue weighted by Gasteiger charge is -2.47. The van der Waals surface area contributed by atoms with Crippen LogP contribution >= 0.6 is 0 Å². The number of halogens is 1. The van der Waals surface area contributed by atoms with Crippen molar-refractivity contribution in [2.75, 3.05) is 32.8 Å². The van der Waals surface area contributed by atoms with E-state index < -0.39 is 5.82 Å². The smallest absolute Gasteiger partial charge is 0.257 e. The maximum absolute atomic E-state index is 13.8. The average Bonchev–Trinajstić information content (AvgIpc) is 3.39. The molecule has 4 rings (SSSR count). The first kappa shape index (κ1) is 15.0. The highest BCUT2D eigenvalue weighted by Crippen LogP contribution is 2.33. The zero-order valence-corrected chi connectivity index (χ0v) is 13.2. The zero-order chi connectivity index (χ0) is 15.8. The van der Waals surface area contributed by atoms with E-state index in [-0.39, 0.29) is 23.6 Å². The first-order valence-corrected chi connectivity index (χ1v) is 8.47. The number of fused-ring (bicyclic) bond motifs is 1. The number of morpholine rings is 1. The number of carbonyl (C=O) groups excluding carboxylic acids is 1. The summed E-state index contributed by atoms with van der Waals surface area (Å²) in [5.41, 5.74) is 0.115. The molecule has 0 unspecified atom stereocenters. The molecule has 3 heterocycles. The molecule has 2 aliphatic heterocycles. The number of amides is 1. The number of hydrogen-bond acceptors (Lipinski definition) is 4. The van der Waals surface area contributed by atoms with Crippen molar-refractivity contribution in [2.24, 2.45) is 5.92 Å². The van der Waals surface area contributed by atoms with Crippen molar-refractivity contribution in [3.63, 3.8) is 0 Å². The number of carbonyl (C=O) groups is 1. The molecule has 0 N–H and O–H groups in total. The van der Waals surface area contributed by atoms with E-state index in [1.165, 1.54) is 25.1 Å². The summed E-state index contributed by atoms with van der Waals surface area (Å²) >= 11 is 0. The van der Waals surface area contributed by atoms with E-state index in [0.717, 1.165) is 38.2 Å². The van der Waals surface area contributed by atoms with Crippen LogP contribution in [0.2, 0.25) is 0 Å². The third-order valence-electron chi connectivity index (χ3n) is 5.18. The maximum Gasteiger partial charge on any atom is 0.257 e. The molecule has 0 radical (unpaired) electrons. The van der Waals surface area contributed by atoms with Crippen molar-refractivity contribution in [3.8, 4) is 0 Å². The van der Waals surface area contributed by atoms with Gasteiger partial charge in [0.25, 0.3) is 5.91 Å². The minimum Gasteiger partial charge on any atom is -0.375 e. The van der Waals surface area contributed by atoms with Crippen LogP contribution in [0.25, 0.3) is 0 Å². The van der Waals surface area contributed by atoms with Gasteiger partial charge in [-0.25, -0.2) is 4.39 Å². The molecule has 1 aliphatic carbocycles. The molecule has 0 aromatic carbocycles. The third-order valence-corrected chi connectivity index (χ3v) is 5.18. The van der Waals surface area contributed by atoms with Crippen molar-refractivity contribution < 1.29 is 13.9 Å². The molecular weight excluding hydrogens is 297 g/mol. The fourth-order valence-corrected chi connectivity index (χ4v) is 3.70. The number of nitrogens with zero attached hydrogens (tertiary/aromatic N) is 3. The molecule has 1 aromatic rings. The van der Waals surface area contributed by atoms with Crippen LogP contribution in [0.5, 0.6) is 0 Å². The molecule has 3 fully saturated rings. The summed E-state index contributed by atoms with van der Waals surface area (Å²) in [6.45, 7) is 4.07. The van der Waals surface area contributed by atoms with Crippen LogP contribution in [-0.2, 0) is 4.74 Å². The fraction of sp³-hybridized carbons (Fsp3) is 0.647. The second kappa shape index (κ2) is 6.17. The van der Waals surface area contributed by atoms with Gasteiger partial charge >= 0.3 is 0 Å². The second-order valence-electron chi connectivity index (χ2n) is 6.81. The van der Waals surface area contributed by atoms with Crippen LogP contribution in [0.3, 0.4) is 0 Å². The fourth-order valence-electron chi connectivity index (χ4n) is 3.70. The van der Waals surface area contributed by atoms with Crippen LogP contribution < -0.4 is 0 Å². The molecule has 2 atom stereocenters. The van der Waals surface area contributed by atoms with Crippen molar-refractivity contribution in [3.05, 3.63) is 29.8 Å². The number of rotatable bonds is 3. The predicted molar refractivity (Wildman–Crippen MR) is 82.5 cm³/mol. The normalized spacial score (nSPS) is 28.5. The van der Waals surface area contributed by atoms with Gasteiger partial charge in [0.15, 0.2) is 5.82 Å². The van der Waals surface area contributed by atoms with E-state index in [9.17, 15) is 9.18 Å². The van der Waals surface area contributed by atoms with E-state index in [0.29, 0.717) is 13.1 Å². The highest BCUT2D eigenvalue weighted by atomic mass is 19.1. The van der Waals surface area contributed by atoms with Crippen molar-refractivity contribution in [1.29, 1.82) is 0 Å². The number of ether oxygens (including phenoxy) is 1. The Bertz CT molecular complexity index is 593. The van der Waals surface area contributed by atoms with Crippen LogP contribution in [0.15, 0.2) is 18.5 Å². The van der Waals surface area contributed by atoms with Crippen LogP contribution in [0.4, 0.5) is 4.39 Å². The summed E-state index contributed by atoms with van der Waals surface area (Å²) in [7, 11) is 0. The van der Waals surface area contributed by atoms with Gasteiger partial charge in [-0.15, -0.1) is 0 Å². The summed E-state index contributed by atoms with van der Waals surface area (Å²) in [6, 6.07) is 1.70. The molecule has 5 nitrogen and oxygen atoms in total. The molecule has 1 saturated carbocycles. The van der Waals surface area contributed by atoms with Gasteiger partial charge in [0.2, 0.25) is 0 Å². The second-order valence-corrected chi connectivity index (χ2v) is 6.81. The van der Waals surface area contributed by atoms with Crippen LogP contribution in [-0.4, -0.2) is 65.6 Å². The van der Waals surface area contributed by atoms with Gasteiger partial charge in [-0.2, -0.15) is 0 Å². The van der Waals surface area contributed by atoms with E-state index in [4.69, 9.17) is 4.74 Å². The minimum absolute atomic E-state index is 0.115. The summed E-state index contributed by atoms with van der Waals surface area (Å²) < 4.78 is 19.7. The first-order valence-electron chi connectivity index (χ1n) is 8.47. The van der Waals surface area contributed by atoms with Crippen molar-refractivity contribution in [1.82, 2.24) is 14.8 Å². The summed E-state index contributed by atoms with van der Waals surface area (Å²) in [5.74, 6) is 0.0344. The SMILES string of the molecule is O=C(c1ccncc1F)N1CC[C@@H]2OCCN(CC3CC3)[C@H]2C1. The quantitative estimate of drug-likeness (QED) is 0.848. The number of likely N-dealkylation sites (tertiary alicyclic amines) is 1. The molecule has 6 heteroatoms. The Balaban J connectivity index is 1.48. The number of pyridine rings is 1. The van der Waals surface area contributed by atoms with E-state index in [1.54, 1.807) is 4.90 Å². The Labute approximate surface area is 135 Å². The molecule has 0 bridgehead atoms. The monoisotopic (exact) mass is 319 g/mol. The van der Waals surface area contributed by atoms with Crippen molar-refractivity contribution in [2.45, 2.75) is 31.4 Å².